The van der Waals surface area contributed by atoms with E-state index in [1.165, 1.54) is 0 Å². The molecule has 170 valence electrons. The zero-order valence-electron chi connectivity index (χ0n) is 18.4. The van der Waals surface area contributed by atoms with Crippen LogP contribution in [-0.4, -0.2) is 73.6 Å². The van der Waals surface area contributed by atoms with Crippen LogP contribution in [0.1, 0.15) is 12.5 Å². The van der Waals surface area contributed by atoms with Crippen LogP contribution in [0, 0.1) is 0 Å². The van der Waals surface area contributed by atoms with Crippen molar-refractivity contribution in [3.8, 4) is 11.5 Å². The molecular formula is C24H30N4O4. The Labute approximate surface area is 188 Å². The molecule has 0 radical (unpaired) electrons. The Kier molecular flexibility index (Phi) is 7.24. The molecule has 2 aliphatic heterocycles. The van der Waals surface area contributed by atoms with Gasteiger partial charge in [-0.2, -0.15) is 0 Å². The van der Waals surface area contributed by atoms with Gasteiger partial charge in [0.1, 0.15) is 13.2 Å². The molecule has 1 saturated heterocycles. The van der Waals surface area contributed by atoms with Gasteiger partial charge in [0.2, 0.25) is 11.8 Å². The standard InChI is InChI=1S/C24H30N4O4/c1-18(24(30)26-20-7-8-21-22(15-20)32-14-13-31-21)28-11-9-27(10-12-28)17-23(29)25-16-19-5-3-2-4-6-19/h2-8,15,18H,9-14,16-17H2,1H3,(H,25,29)(H,26,30). The fraction of sp³-hybridized carbons (Fsp3) is 0.417. The van der Waals surface area contributed by atoms with E-state index in [4.69, 9.17) is 9.47 Å². The fourth-order valence-electron chi connectivity index (χ4n) is 3.90. The first kappa shape index (κ1) is 22.1. The molecule has 2 aromatic carbocycles. The monoisotopic (exact) mass is 438 g/mol. The number of nitrogens with one attached hydrogen (secondary N) is 2. The third kappa shape index (κ3) is 5.77. The third-order valence-corrected chi connectivity index (χ3v) is 5.84. The van der Waals surface area contributed by atoms with Crippen LogP contribution in [0.15, 0.2) is 48.5 Å². The molecule has 0 spiro atoms. The van der Waals surface area contributed by atoms with E-state index in [0.29, 0.717) is 43.5 Å². The van der Waals surface area contributed by atoms with Gasteiger partial charge in [0.15, 0.2) is 11.5 Å². The van der Waals surface area contributed by atoms with E-state index in [0.717, 1.165) is 31.7 Å². The van der Waals surface area contributed by atoms with Crippen LogP contribution in [0.2, 0.25) is 0 Å². The van der Waals surface area contributed by atoms with E-state index in [9.17, 15) is 9.59 Å². The SMILES string of the molecule is CC(C(=O)Nc1ccc2c(c1)OCCO2)N1CCN(CC(=O)NCc2ccccc2)CC1. The van der Waals surface area contributed by atoms with Gasteiger partial charge in [0.05, 0.1) is 12.6 Å². The van der Waals surface area contributed by atoms with Crippen LogP contribution < -0.4 is 20.1 Å². The Balaban J connectivity index is 1.20. The van der Waals surface area contributed by atoms with Crippen molar-refractivity contribution in [1.29, 1.82) is 0 Å². The average molecular weight is 439 g/mol. The lowest BCUT2D eigenvalue weighted by Gasteiger charge is -2.37. The Morgan fingerprint density at radius 3 is 2.44 bits per heavy atom. The van der Waals surface area contributed by atoms with Crippen molar-refractivity contribution in [1.82, 2.24) is 15.1 Å². The maximum atomic E-state index is 12.8. The number of amides is 2. The van der Waals surface area contributed by atoms with E-state index < -0.39 is 0 Å². The van der Waals surface area contributed by atoms with Crippen molar-refractivity contribution in [2.24, 2.45) is 0 Å². The summed E-state index contributed by atoms with van der Waals surface area (Å²) in [5, 5.41) is 5.94. The number of anilines is 1. The van der Waals surface area contributed by atoms with Gasteiger partial charge in [-0.1, -0.05) is 30.3 Å². The van der Waals surface area contributed by atoms with Crippen LogP contribution in [-0.2, 0) is 16.1 Å². The lowest BCUT2D eigenvalue weighted by Crippen LogP contribution is -2.54. The number of hydrogen-bond acceptors (Lipinski definition) is 6. The zero-order valence-corrected chi connectivity index (χ0v) is 18.4. The molecule has 4 rings (SSSR count). The molecule has 32 heavy (non-hydrogen) atoms. The predicted octanol–water partition coefficient (Wildman–Crippen LogP) is 1.72. The number of nitrogens with zero attached hydrogens (tertiary/aromatic N) is 2. The highest BCUT2D eigenvalue weighted by atomic mass is 16.6. The molecule has 2 heterocycles. The number of piperazine rings is 1. The number of carbonyl (C=O) groups excluding carboxylic acids is 2. The van der Waals surface area contributed by atoms with E-state index >= 15 is 0 Å². The quantitative estimate of drug-likeness (QED) is 0.685. The molecule has 0 bridgehead atoms. The van der Waals surface area contributed by atoms with Gasteiger partial charge in [-0.05, 0) is 24.6 Å². The minimum absolute atomic E-state index is 0.0201. The van der Waals surface area contributed by atoms with Crippen molar-refractivity contribution in [3.05, 3.63) is 54.1 Å². The lowest BCUT2D eigenvalue weighted by atomic mass is 10.2. The smallest absolute Gasteiger partial charge is 0.241 e. The molecule has 0 aliphatic carbocycles. The molecule has 2 aromatic rings. The molecular weight excluding hydrogens is 408 g/mol. The summed E-state index contributed by atoms with van der Waals surface area (Å²) in [6.07, 6.45) is 0. The van der Waals surface area contributed by atoms with Crippen molar-refractivity contribution < 1.29 is 19.1 Å². The second-order valence-corrected chi connectivity index (χ2v) is 8.10. The Morgan fingerprint density at radius 1 is 0.969 bits per heavy atom. The normalized spacial score (nSPS) is 17.4. The second kappa shape index (κ2) is 10.5. The summed E-state index contributed by atoms with van der Waals surface area (Å²) >= 11 is 0. The average Bonchev–Trinajstić information content (AvgIpc) is 2.83. The van der Waals surface area contributed by atoms with Gasteiger partial charge in [-0.15, -0.1) is 0 Å². The van der Waals surface area contributed by atoms with Gasteiger partial charge in [-0.3, -0.25) is 19.4 Å². The largest absolute Gasteiger partial charge is 0.486 e. The molecule has 1 unspecified atom stereocenters. The van der Waals surface area contributed by atoms with Gasteiger partial charge in [0.25, 0.3) is 0 Å². The minimum atomic E-state index is -0.266. The van der Waals surface area contributed by atoms with Gasteiger partial charge < -0.3 is 20.1 Å². The summed E-state index contributed by atoms with van der Waals surface area (Å²) in [5.74, 6) is 1.31. The molecule has 8 nitrogen and oxygen atoms in total. The van der Waals surface area contributed by atoms with Crippen molar-refractivity contribution in [3.63, 3.8) is 0 Å². The number of hydrogen-bond donors (Lipinski definition) is 2. The summed E-state index contributed by atoms with van der Waals surface area (Å²) in [4.78, 5) is 29.3. The molecule has 2 aliphatic rings. The van der Waals surface area contributed by atoms with Crippen molar-refractivity contribution >= 4 is 17.5 Å². The number of fused-ring (bicyclic) bond motifs is 1. The lowest BCUT2D eigenvalue weighted by molar-refractivity contribution is -0.124. The molecule has 2 N–H and O–H groups in total. The maximum Gasteiger partial charge on any atom is 0.241 e. The Hall–Kier alpha value is -3.10. The summed E-state index contributed by atoms with van der Waals surface area (Å²) in [6, 6.07) is 15.1. The number of carbonyl (C=O) groups is 2. The number of ether oxygens (including phenoxy) is 2. The third-order valence-electron chi connectivity index (χ3n) is 5.84. The second-order valence-electron chi connectivity index (χ2n) is 8.10. The highest BCUT2D eigenvalue weighted by molar-refractivity contribution is 5.94. The summed E-state index contributed by atoms with van der Waals surface area (Å²) < 4.78 is 11.1. The highest BCUT2D eigenvalue weighted by Gasteiger charge is 2.26. The topological polar surface area (TPSA) is 83.1 Å². The van der Waals surface area contributed by atoms with Crippen LogP contribution in [0.3, 0.4) is 0 Å². The molecule has 1 fully saturated rings. The first-order valence-electron chi connectivity index (χ1n) is 11.1. The number of benzene rings is 2. The van der Waals surface area contributed by atoms with E-state index in [1.807, 2.05) is 49.4 Å². The molecule has 2 amide bonds. The maximum absolute atomic E-state index is 12.8. The van der Waals surface area contributed by atoms with Crippen LogP contribution in [0.25, 0.3) is 0 Å². The van der Waals surface area contributed by atoms with Crippen LogP contribution >= 0.6 is 0 Å². The summed E-state index contributed by atoms with van der Waals surface area (Å²) in [7, 11) is 0. The molecule has 0 saturated carbocycles. The first-order chi connectivity index (χ1) is 15.6. The Morgan fingerprint density at radius 2 is 1.69 bits per heavy atom. The summed E-state index contributed by atoms with van der Waals surface area (Å²) in [5.41, 5.74) is 1.78. The fourth-order valence-corrected chi connectivity index (χ4v) is 3.90. The van der Waals surface area contributed by atoms with Gasteiger partial charge in [0, 0.05) is 44.5 Å². The van der Waals surface area contributed by atoms with Crippen LogP contribution in [0.5, 0.6) is 11.5 Å². The van der Waals surface area contributed by atoms with Crippen molar-refractivity contribution in [2.75, 3.05) is 51.3 Å². The van der Waals surface area contributed by atoms with E-state index in [-0.39, 0.29) is 17.9 Å². The van der Waals surface area contributed by atoms with E-state index in [2.05, 4.69) is 20.4 Å². The molecule has 0 aromatic heterocycles. The molecule has 8 heteroatoms. The van der Waals surface area contributed by atoms with Crippen LogP contribution in [0.4, 0.5) is 5.69 Å². The van der Waals surface area contributed by atoms with Gasteiger partial charge >= 0.3 is 0 Å². The minimum Gasteiger partial charge on any atom is -0.486 e. The first-order valence-corrected chi connectivity index (χ1v) is 11.1. The summed E-state index contributed by atoms with van der Waals surface area (Å²) in [6.45, 7) is 6.85. The zero-order chi connectivity index (χ0) is 22.3. The van der Waals surface area contributed by atoms with E-state index in [1.54, 1.807) is 6.07 Å². The van der Waals surface area contributed by atoms with Gasteiger partial charge in [-0.25, -0.2) is 0 Å². The highest BCUT2D eigenvalue weighted by Crippen LogP contribution is 2.32. The van der Waals surface area contributed by atoms with Crippen molar-refractivity contribution in [2.45, 2.75) is 19.5 Å². The number of rotatable bonds is 7. The molecule has 1 atom stereocenters. The Bertz CT molecular complexity index is 929. The predicted molar refractivity (Wildman–Crippen MR) is 122 cm³/mol.